The van der Waals surface area contributed by atoms with Crippen LogP contribution in [0.2, 0.25) is 5.02 Å². The van der Waals surface area contributed by atoms with Crippen molar-refractivity contribution in [1.29, 1.82) is 0 Å². The Kier molecular flexibility index (Phi) is 3.53. The fourth-order valence-electron chi connectivity index (χ4n) is 2.07. The second-order valence-electron chi connectivity index (χ2n) is 4.56. The van der Waals surface area contributed by atoms with E-state index in [0.717, 1.165) is 15.8 Å². The van der Waals surface area contributed by atoms with Gasteiger partial charge in [0.15, 0.2) is 0 Å². The molecule has 21 heavy (non-hydrogen) atoms. The third kappa shape index (κ3) is 2.46. The number of nitrogen functional groups attached to an aromatic ring is 1. The third-order valence-electron chi connectivity index (χ3n) is 3.22. The molecule has 1 amide bonds. The van der Waals surface area contributed by atoms with Crippen molar-refractivity contribution in [2.75, 3.05) is 17.7 Å². The van der Waals surface area contributed by atoms with Gasteiger partial charge in [0.05, 0.1) is 17.6 Å². The number of thiophene rings is 1. The van der Waals surface area contributed by atoms with E-state index < -0.39 is 0 Å². The summed E-state index contributed by atoms with van der Waals surface area (Å²) < 4.78 is 0.905. The summed E-state index contributed by atoms with van der Waals surface area (Å²) in [6.07, 6.45) is 3.30. The van der Waals surface area contributed by atoms with Gasteiger partial charge in [0, 0.05) is 28.4 Å². The molecule has 4 nitrogen and oxygen atoms in total. The van der Waals surface area contributed by atoms with Crippen LogP contribution in [0.15, 0.2) is 42.7 Å². The lowest BCUT2D eigenvalue weighted by Gasteiger charge is -2.16. The quantitative estimate of drug-likeness (QED) is 0.782. The minimum Gasteiger partial charge on any atom is -0.397 e. The normalized spacial score (nSPS) is 10.8. The van der Waals surface area contributed by atoms with Crippen molar-refractivity contribution >= 4 is 50.3 Å². The number of hydrogen-bond donors (Lipinski definition) is 1. The number of amides is 1. The number of carbonyl (C=O) groups is 1. The first-order valence-electron chi connectivity index (χ1n) is 6.23. The van der Waals surface area contributed by atoms with Gasteiger partial charge >= 0.3 is 0 Å². The monoisotopic (exact) mass is 317 g/mol. The molecule has 1 aromatic carbocycles. The molecule has 0 saturated carbocycles. The Morgan fingerprint density at radius 2 is 2.19 bits per heavy atom. The van der Waals surface area contributed by atoms with Gasteiger partial charge in [-0.05, 0) is 30.3 Å². The Hall–Kier alpha value is -2.11. The molecule has 0 atom stereocenters. The molecule has 2 heterocycles. The van der Waals surface area contributed by atoms with Crippen molar-refractivity contribution in [3.05, 3.63) is 52.6 Å². The molecule has 6 heteroatoms. The van der Waals surface area contributed by atoms with Gasteiger partial charge < -0.3 is 10.6 Å². The summed E-state index contributed by atoms with van der Waals surface area (Å²) >= 11 is 7.33. The van der Waals surface area contributed by atoms with E-state index in [0.29, 0.717) is 15.6 Å². The summed E-state index contributed by atoms with van der Waals surface area (Å²) in [6, 6.07) is 9.04. The number of benzene rings is 1. The van der Waals surface area contributed by atoms with E-state index in [1.807, 2.05) is 18.2 Å². The average molecular weight is 318 g/mol. The van der Waals surface area contributed by atoms with Crippen molar-refractivity contribution in [3.63, 3.8) is 0 Å². The van der Waals surface area contributed by atoms with Crippen LogP contribution in [0.5, 0.6) is 0 Å². The van der Waals surface area contributed by atoms with E-state index >= 15 is 0 Å². The summed E-state index contributed by atoms with van der Waals surface area (Å²) in [6.45, 7) is 0. The zero-order chi connectivity index (χ0) is 15.0. The van der Waals surface area contributed by atoms with Gasteiger partial charge in [-0.25, -0.2) is 0 Å². The molecule has 3 aromatic rings. The number of fused-ring (bicyclic) bond motifs is 1. The van der Waals surface area contributed by atoms with Crippen LogP contribution in [-0.4, -0.2) is 17.9 Å². The van der Waals surface area contributed by atoms with E-state index in [1.165, 1.54) is 16.2 Å². The zero-order valence-corrected chi connectivity index (χ0v) is 12.8. The van der Waals surface area contributed by atoms with Gasteiger partial charge in [-0.1, -0.05) is 11.6 Å². The van der Waals surface area contributed by atoms with Crippen LogP contribution in [0.25, 0.3) is 10.1 Å². The molecule has 3 rings (SSSR count). The lowest BCUT2D eigenvalue weighted by molar-refractivity contribution is 0.0997. The largest absolute Gasteiger partial charge is 0.397 e. The summed E-state index contributed by atoms with van der Waals surface area (Å²) in [5.41, 5.74) is 7.32. The van der Waals surface area contributed by atoms with Crippen LogP contribution in [0.4, 0.5) is 11.4 Å². The average Bonchev–Trinajstić information content (AvgIpc) is 2.83. The summed E-state index contributed by atoms with van der Waals surface area (Å²) in [5.74, 6) is -0.155. The fourth-order valence-corrected chi connectivity index (χ4v) is 3.45. The van der Waals surface area contributed by atoms with Crippen molar-refractivity contribution in [2.24, 2.45) is 0 Å². The highest BCUT2D eigenvalue weighted by Crippen LogP contribution is 2.36. The topological polar surface area (TPSA) is 59.2 Å². The molecule has 0 unspecified atom stereocenters. The fraction of sp³-hybridized carbons (Fsp3) is 0.0667. The van der Waals surface area contributed by atoms with Crippen molar-refractivity contribution < 1.29 is 4.79 Å². The third-order valence-corrected chi connectivity index (χ3v) is 4.61. The van der Waals surface area contributed by atoms with Crippen LogP contribution in [0.3, 0.4) is 0 Å². The lowest BCUT2D eigenvalue weighted by atomic mass is 10.2. The smallest absolute Gasteiger partial charge is 0.270 e. The summed E-state index contributed by atoms with van der Waals surface area (Å²) in [5, 5.41) is 1.48. The molecule has 0 saturated heterocycles. The van der Waals surface area contributed by atoms with Crippen LogP contribution < -0.4 is 10.6 Å². The number of nitrogens with zero attached hydrogens (tertiary/aromatic N) is 2. The van der Waals surface area contributed by atoms with Crippen LogP contribution >= 0.6 is 22.9 Å². The highest BCUT2D eigenvalue weighted by Gasteiger charge is 2.20. The second kappa shape index (κ2) is 5.35. The maximum absolute atomic E-state index is 12.6. The minimum absolute atomic E-state index is 0.155. The number of halogens is 1. The molecule has 0 fully saturated rings. The maximum atomic E-state index is 12.6. The van der Waals surface area contributed by atoms with E-state index in [2.05, 4.69) is 4.98 Å². The Balaban J connectivity index is 2.04. The van der Waals surface area contributed by atoms with E-state index in [-0.39, 0.29) is 5.91 Å². The second-order valence-corrected chi connectivity index (χ2v) is 6.05. The molecule has 0 aliphatic heterocycles. The first-order valence-corrected chi connectivity index (χ1v) is 7.43. The Bertz CT molecular complexity index is 816. The highest BCUT2D eigenvalue weighted by molar-refractivity contribution is 7.21. The molecule has 0 radical (unpaired) electrons. The van der Waals surface area contributed by atoms with Crippen LogP contribution in [0.1, 0.15) is 9.67 Å². The number of pyridine rings is 1. The Morgan fingerprint density at radius 3 is 2.90 bits per heavy atom. The number of hydrogen-bond acceptors (Lipinski definition) is 4. The van der Waals surface area contributed by atoms with Gasteiger partial charge in [0.1, 0.15) is 4.88 Å². The maximum Gasteiger partial charge on any atom is 0.270 e. The highest BCUT2D eigenvalue weighted by atomic mass is 35.5. The van der Waals surface area contributed by atoms with Gasteiger partial charge in [-0.3, -0.25) is 9.78 Å². The number of aromatic nitrogens is 1. The molecule has 2 N–H and O–H groups in total. The van der Waals surface area contributed by atoms with Crippen molar-refractivity contribution in [3.8, 4) is 0 Å². The molecular formula is C15H12ClN3OS. The molecule has 0 spiro atoms. The summed E-state index contributed by atoms with van der Waals surface area (Å²) in [7, 11) is 1.70. The molecule has 0 aliphatic carbocycles. The van der Waals surface area contributed by atoms with Crippen molar-refractivity contribution in [2.45, 2.75) is 0 Å². The van der Waals surface area contributed by atoms with Gasteiger partial charge in [-0.2, -0.15) is 0 Å². The van der Waals surface area contributed by atoms with Crippen molar-refractivity contribution in [1.82, 2.24) is 4.98 Å². The first kappa shape index (κ1) is 13.9. The molecule has 106 valence electrons. The van der Waals surface area contributed by atoms with E-state index in [9.17, 15) is 4.79 Å². The zero-order valence-electron chi connectivity index (χ0n) is 11.2. The number of anilines is 2. The minimum atomic E-state index is -0.155. The van der Waals surface area contributed by atoms with Gasteiger partial charge in [0.25, 0.3) is 5.91 Å². The van der Waals surface area contributed by atoms with Crippen LogP contribution in [-0.2, 0) is 0 Å². The molecule has 2 aromatic heterocycles. The molecule has 0 bridgehead atoms. The standard InChI is InChI=1S/C15H12ClN3OS/c1-19(10-3-2-6-18-8-10)15(20)14-13(17)11-5-4-9(16)7-12(11)21-14/h2-8H,17H2,1H3. The Labute approximate surface area is 130 Å². The summed E-state index contributed by atoms with van der Waals surface area (Å²) in [4.78, 5) is 18.7. The lowest BCUT2D eigenvalue weighted by Crippen LogP contribution is -2.26. The SMILES string of the molecule is CN(C(=O)c1sc2cc(Cl)ccc2c1N)c1cccnc1. The van der Waals surface area contributed by atoms with E-state index in [1.54, 1.807) is 31.6 Å². The molecule has 0 aliphatic rings. The molecular weight excluding hydrogens is 306 g/mol. The van der Waals surface area contributed by atoms with Gasteiger partial charge in [-0.15, -0.1) is 11.3 Å². The number of nitrogens with two attached hydrogens (primary N) is 1. The predicted molar refractivity (Wildman–Crippen MR) is 88.2 cm³/mol. The predicted octanol–water partition coefficient (Wildman–Crippen LogP) is 3.81. The first-order chi connectivity index (χ1) is 10.1. The Morgan fingerprint density at radius 1 is 1.38 bits per heavy atom. The van der Waals surface area contributed by atoms with Crippen LogP contribution in [0, 0.1) is 0 Å². The number of carbonyl (C=O) groups excluding carboxylic acids is 1. The number of rotatable bonds is 2. The van der Waals surface area contributed by atoms with Gasteiger partial charge in [0.2, 0.25) is 0 Å². The van der Waals surface area contributed by atoms with E-state index in [4.69, 9.17) is 17.3 Å².